The van der Waals surface area contributed by atoms with Crippen molar-refractivity contribution in [2.75, 3.05) is 18.0 Å². The topological polar surface area (TPSA) is 130 Å². The van der Waals surface area contributed by atoms with E-state index in [2.05, 4.69) is 27.4 Å². The number of benzene rings is 3. The molecule has 55 heavy (non-hydrogen) atoms. The quantitative estimate of drug-likeness (QED) is 0.117. The number of rotatable bonds is 11. The molecule has 11 nitrogen and oxygen atoms in total. The standard InChI is InChI=1S/C44H52N8O3/c1-28(31-12-6-3-7-13-31)43(54)49-38(22-29-10-4-2-5-11-29)41-45-35-19-17-33(25-37(35)47-41)51-21-20-50(44(51)55)26-30-16-18-34-36(23-30)48-42(46-34)40-24-32-14-8-9-15-39(32)52(40)27-53/h3,6-7,12-13,16-19,23,25,27-29,32,38-40H,2,4-5,8-11,14-15,20-22,24,26H2,1H3,(H,45,47)(H,46,48)(H,49,54). The van der Waals surface area contributed by atoms with Gasteiger partial charge in [0.25, 0.3) is 0 Å². The van der Waals surface area contributed by atoms with E-state index < -0.39 is 0 Å². The molecule has 5 aromatic rings. The van der Waals surface area contributed by atoms with Crippen LogP contribution < -0.4 is 10.2 Å². The molecule has 4 amide bonds. The second kappa shape index (κ2) is 15.2. The van der Waals surface area contributed by atoms with Crippen LogP contribution in [0.3, 0.4) is 0 Å². The number of urea groups is 1. The Hall–Kier alpha value is -5.19. The van der Waals surface area contributed by atoms with Gasteiger partial charge in [-0.2, -0.15) is 0 Å². The van der Waals surface area contributed by atoms with E-state index >= 15 is 0 Å². The maximum atomic E-state index is 13.8. The van der Waals surface area contributed by atoms with Gasteiger partial charge in [-0.15, -0.1) is 0 Å². The summed E-state index contributed by atoms with van der Waals surface area (Å²) < 4.78 is 0. The van der Waals surface area contributed by atoms with Crippen molar-refractivity contribution in [3.05, 3.63) is 89.5 Å². The van der Waals surface area contributed by atoms with E-state index in [1.165, 1.54) is 51.4 Å². The largest absolute Gasteiger partial charge is 0.346 e. The number of carbonyl (C=O) groups excluding carboxylic acids is 3. The highest BCUT2D eigenvalue weighted by Gasteiger charge is 2.43. The fourth-order valence-corrected chi connectivity index (χ4v) is 9.96. The minimum Gasteiger partial charge on any atom is -0.346 e. The summed E-state index contributed by atoms with van der Waals surface area (Å²) in [7, 11) is 0. The molecule has 286 valence electrons. The normalized spacial score (nSPS) is 23.0. The molecule has 2 saturated heterocycles. The zero-order chi connectivity index (χ0) is 37.5. The third kappa shape index (κ3) is 7.09. The van der Waals surface area contributed by atoms with Crippen molar-refractivity contribution in [1.82, 2.24) is 35.1 Å². The van der Waals surface area contributed by atoms with Crippen molar-refractivity contribution in [1.29, 1.82) is 0 Å². The fraction of sp³-hybridized carbons (Fsp3) is 0.477. The van der Waals surface area contributed by atoms with Crippen LogP contribution in [0.25, 0.3) is 22.1 Å². The van der Waals surface area contributed by atoms with Gasteiger partial charge in [0.1, 0.15) is 11.6 Å². The fourth-order valence-electron chi connectivity index (χ4n) is 9.96. The van der Waals surface area contributed by atoms with Crippen LogP contribution in [0.5, 0.6) is 0 Å². The molecule has 2 saturated carbocycles. The Labute approximate surface area is 322 Å². The lowest BCUT2D eigenvalue weighted by atomic mass is 9.84. The number of carbonyl (C=O) groups is 3. The van der Waals surface area contributed by atoms with Crippen molar-refractivity contribution in [2.45, 2.75) is 108 Å². The van der Waals surface area contributed by atoms with Gasteiger partial charge in [0.15, 0.2) is 0 Å². The van der Waals surface area contributed by atoms with Gasteiger partial charge in [0.2, 0.25) is 12.3 Å². The second-order valence-corrected chi connectivity index (χ2v) is 16.5. The molecule has 2 aliphatic heterocycles. The molecule has 5 atom stereocenters. The molecule has 0 bridgehead atoms. The van der Waals surface area contributed by atoms with E-state index in [9.17, 15) is 14.4 Å². The van der Waals surface area contributed by atoms with Crippen molar-refractivity contribution in [2.24, 2.45) is 11.8 Å². The molecule has 4 heterocycles. The molecule has 11 heteroatoms. The van der Waals surface area contributed by atoms with Gasteiger partial charge in [-0.1, -0.05) is 81.3 Å². The molecule has 0 spiro atoms. The van der Waals surface area contributed by atoms with Gasteiger partial charge in [0.05, 0.1) is 40.1 Å². The van der Waals surface area contributed by atoms with E-state index in [0.29, 0.717) is 37.5 Å². The van der Waals surface area contributed by atoms with Gasteiger partial charge in [0, 0.05) is 31.4 Å². The summed E-state index contributed by atoms with van der Waals surface area (Å²) in [5.41, 5.74) is 6.35. The number of anilines is 1. The van der Waals surface area contributed by atoms with E-state index in [1.807, 2.05) is 76.2 Å². The Morgan fingerprint density at radius 3 is 2.49 bits per heavy atom. The van der Waals surface area contributed by atoms with Crippen LogP contribution in [0.2, 0.25) is 0 Å². The van der Waals surface area contributed by atoms with Crippen LogP contribution in [-0.2, 0) is 16.1 Å². The van der Waals surface area contributed by atoms with Crippen molar-refractivity contribution in [3.63, 3.8) is 0 Å². The average Bonchev–Trinajstić information content (AvgIpc) is 4.01. The molecule has 2 aliphatic carbocycles. The number of hydrogen-bond donors (Lipinski definition) is 3. The Morgan fingerprint density at radius 1 is 0.891 bits per heavy atom. The van der Waals surface area contributed by atoms with Crippen LogP contribution in [-0.4, -0.2) is 67.2 Å². The van der Waals surface area contributed by atoms with Crippen LogP contribution in [0, 0.1) is 11.8 Å². The Kier molecular flexibility index (Phi) is 9.78. The van der Waals surface area contributed by atoms with Crippen LogP contribution >= 0.6 is 0 Å². The first-order valence-corrected chi connectivity index (χ1v) is 20.5. The first-order chi connectivity index (χ1) is 26.9. The van der Waals surface area contributed by atoms with Crippen LogP contribution in [0.4, 0.5) is 10.5 Å². The molecule has 3 aromatic carbocycles. The monoisotopic (exact) mass is 740 g/mol. The number of nitrogens with one attached hydrogen (secondary N) is 3. The van der Waals surface area contributed by atoms with E-state index in [0.717, 1.165) is 76.2 Å². The summed E-state index contributed by atoms with van der Waals surface area (Å²) in [5.74, 6) is 2.45. The van der Waals surface area contributed by atoms with Gasteiger partial charge < -0.3 is 25.1 Å². The maximum Gasteiger partial charge on any atom is 0.324 e. The van der Waals surface area contributed by atoms with Crippen LogP contribution in [0.1, 0.15) is 118 Å². The first kappa shape index (κ1) is 35.5. The highest BCUT2D eigenvalue weighted by molar-refractivity contribution is 5.96. The van der Waals surface area contributed by atoms with Gasteiger partial charge in [-0.3, -0.25) is 14.5 Å². The third-order valence-electron chi connectivity index (χ3n) is 13.0. The molecule has 2 aromatic heterocycles. The summed E-state index contributed by atoms with van der Waals surface area (Å²) in [6.45, 7) is 3.66. The molecule has 4 fully saturated rings. The lowest BCUT2D eigenvalue weighted by Gasteiger charge is -2.30. The Bertz CT molecular complexity index is 2170. The molecular formula is C44H52N8O3. The van der Waals surface area contributed by atoms with E-state index in [-0.39, 0.29) is 29.9 Å². The predicted octanol–water partition coefficient (Wildman–Crippen LogP) is 8.27. The van der Waals surface area contributed by atoms with E-state index in [1.54, 1.807) is 0 Å². The lowest BCUT2D eigenvalue weighted by Crippen LogP contribution is -2.35. The van der Waals surface area contributed by atoms with Gasteiger partial charge in [-0.25, -0.2) is 14.8 Å². The minimum atomic E-state index is -0.273. The van der Waals surface area contributed by atoms with E-state index in [4.69, 9.17) is 9.97 Å². The molecule has 3 N–H and O–H groups in total. The average molecular weight is 741 g/mol. The maximum absolute atomic E-state index is 13.8. The summed E-state index contributed by atoms with van der Waals surface area (Å²) in [6.07, 6.45) is 13.6. The number of nitrogens with zero attached hydrogens (tertiary/aromatic N) is 5. The Balaban J connectivity index is 0.892. The number of hydrogen-bond acceptors (Lipinski definition) is 5. The van der Waals surface area contributed by atoms with Gasteiger partial charge >= 0.3 is 6.03 Å². The zero-order valence-corrected chi connectivity index (χ0v) is 31.8. The Morgan fingerprint density at radius 2 is 1.65 bits per heavy atom. The lowest BCUT2D eigenvalue weighted by molar-refractivity contribution is -0.123. The molecule has 0 radical (unpaired) electrons. The van der Waals surface area contributed by atoms with Crippen LogP contribution in [0.15, 0.2) is 66.7 Å². The highest BCUT2D eigenvalue weighted by Crippen LogP contribution is 2.45. The predicted molar refractivity (Wildman–Crippen MR) is 213 cm³/mol. The van der Waals surface area contributed by atoms with Crippen molar-refractivity contribution < 1.29 is 14.4 Å². The van der Waals surface area contributed by atoms with Crippen molar-refractivity contribution >= 4 is 46.1 Å². The number of fused-ring (bicyclic) bond motifs is 3. The smallest absolute Gasteiger partial charge is 0.324 e. The first-order valence-electron chi connectivity index (χ1n) is 20.5. The second-order valence-electron chi connectivity index (χ2n) is 16.5. The molecule has 9 rings (SSSR count). The molecule has 4 aliphatic rings. The number of H-pyrrole nitrogens is 2. The SMILES string of the molecule is CC(C(=O)NC(CC1CCCCC1)c1nc2ccc(N3CCN(Cc4ccc5nc(C6CC7CCCCC7N6C=O)[nH]c5c4)C3=O)cc2[nH]1)c1ccccc1. The molecular weight excluding hydrogens is 689 g/mol. The third-order valence-corrected chi connectivity index (χ3v) is 13.0. The van der Waals surface area contributed by atoms with Crippen molar-refractivity contribution in [3.8, 4) is 0 Å². The summed E-state index contributed by atoms with van der Waals surface area (Å²) in [6, 6.07) is 22.1. The minimum absolute atomic E-state index is 0.00107. The highest BCUT2D eigenvalue weighted by atomic mass is 16.2. The number of amides is 4. The zero-order valence-electron chi connectivity index (χ0n) is 31.8. The number of imidazole rings is 2. The molecule has 5 unspecified atom stereocenters. The summed E-state index contributed by atoms with van der Waals surface area (Å²) in [5, 5.41) is 3.36. The summed E-state index contributed by atoms with van der Waals surface area (Å²) in [4.78, 5) is 62.3. The van der Waals surface area contributed by atoms with Gasteiger partial charge in [-0.05, 0) is 85.9 Å². The number of aromatic nitrogens is 4. The number of likely N-dealkylation sites (tertiary alicyclic amines) is 1. The summed E-state index contributed by atoms with van der Waals surface area (Å²) >= 11 is 0. The number of aromatic amines is 2.